The maximum atomic E-state index is 2.68. The smallest absolute Gasteiger partial charge is 0.0255 e. The van der Waals surface area contributed by atoms with Crippen LogP contribution >= 0.6 is 0 Å². The Labute approximate surface area is 143 Å². The Bertz CT molecular complexity index is 818. The van der Waals surface area contributed by atoms with E-state index in [4.69, 9.17) is 0 Å². The number of rotatable bonds is 2. The highest BCUT2D eigenvalue weighted by Gasteiger charge is 2.40. The molecule has 0 spiro atoms. The van der Waals surface area contributed by atoms with Crippen molar-refractivity contribution in [2.24, 2.45) is 0 Å². The molecule has 1 atom stereocenters. The molecule has 0 aromatic heterocycles. The van der Waals surface area contributed by atoms with Crippen LogP contribution in [0.5, 0.6) is 0 Å². The van der Waals surface area contributed by atoms with E-state index in [-0.39, 0.29) is 0 Å². The minimum atomic E-state index is 0.486. The second-order valence-electron chi connectivity index (χ2n) is 7.04. The van der Waals surface area contributed by atoms with Gasteiger partial charge in [-0.15, -0.1) is 0 Å². The lowest BCUT2D eigenvalue weighted by Crippen LogP contribution is -2.48. The van der Waals surface area contributed by atoms with Crippen molar-refractivity contribution in [3.05, 3.63) is 107 Å². The molecule has 5 rings (SSSR count). The summed E-state index contributed by atoms with van der Waals surface area (Å²) >= 11 is 0. The largest absolute Gasteiger partial charge is 0.291 e. The SMILES string of the molecule is c1ccc(C[C@H]2C3c4ccccc4CN2Cc2ccccc23)cc1. The molecule has 0 saturated heterocycles. The molecular formula is C23H21N. The normalized spacial score (nSPS) is 24.1. The topological polar surface area (TPSA) is 3.24 Å². The summed E-state index contributed by atoms with van der Waals surface area (Å²) in [4.78, 5) is 2.68. The highest BCUT2D eigenvalue weighted by Crippen LogP contribution is 2.44. The number of benzene rings is 3. The second kappa shape index (κ2) is 5.61. The molecule has 1 heteroatoms. The molecule has 2 aliphatic rings. The monoisotopic (exact) mass is 311 g/mol. The average molecular weight is 311 g/mol. The van der Waals surface area contributed by atoms with E-state index < -0.39 is 0 Å². The Morgan fingerprint density at radius 2 is 1.21 bits per heavy atom. The van der Waals surface area contributed by atoms with E-state index in [0.717, 1.165) is 19.5 Å². The first-order valence-electron chi connectivity index (χ1n) is 8.84. The summed E-state index contributed by atoms with van der Waals surface area (Å²) in [5, 5.41) is 0. The minimum Gasteiger partial charge on any atom is -0.291 e. The van der Waals surface area contributed by atoms with E-state index in [0.29, 0.717) is 12.0 Å². The van der Waals surface area contributed by atoms with Crippen molar-refractivity contribution in [1.29, 1.82) is 0 Å². The maximum absolute atomic E-state index is 2.68. The van der Waals surface area contributed by atoms with Crippen LogP contribution in [-0.2, 0) is 19.5 Å². The second-order valence-corrected chi connectivity index (χ2v) is 7.04. The standard InChI is InChI=1S/C23H21N/c1-2-8-17(9-3-1)14-22-23-20-12-6-4-10-18(20)15-24(22)16-19-11-5-7-13-21(19)23/h1-13,22-23H,14-16H2/t22-/m0/s1. The molecule has 0 unspecified atom stereocenters. The van der Waals surface area contributed by atoms with Crippen molar-refractivity contribution in [1.82, 2.24) is 4.90 Å². The number of fused-ring (bicyclic) bond motifs is 6. The van der Waals surface area contributed by atoms with Gasteiger partial charge in [-0.25, -0.2) is 0 Å². The molecule has 0 aliphatic carbocycles. The number of hydrogen-bond donors (Lipinski definition) is 0. The lowest BCUT2D eigenvalue weighted by atomic mass is 9.72. The number of hydrogen-bond acceptors (Lipinski definition) is 1. The van der Waals surface area contributed by atoms with E-state index in [1.165, 1.54) is 27.8 Å². The first-order valence-corrected chi connectivity index (χ1v) is 8.84. The van der Waals surface area contributed by atoms with E-state index in [1.54, 1.807) is 0 Å². The van der Waals surface area contributed by atoms with Gasteiger partial charge in [-0.1, -0.05) is 78.9 Å². The Balaban J connectivity index is 1.64. The Morgan fingerprint density at radius 3 is 1.83 bits per heavy atom. The first-order chi connectivity index (χ1) is 11.9. The Morgan fingerprint density at radius 1 is 0.667 bits per heavy atom. The minimum absolute atomic E-state index is 0.486. The van der Waals surface area contributed by atoms with Crippen molar-refractivity contribution < 1.29 is 0 Å². The Hall–Kier alpha value is -2.38. The summed E-state index contributed by atoms with van der Waals surface area (Å²) in [7, 11) is 0. The van der Waals surface area contributed by atoms with Crippen LogP contribution in [0.1, 0.15) is 33.7 Å². The van der Waals surface area contributed by atoms with Gasteiger partial charge in [0.1, 0.15) is 0 Å². The zero-order chi connectivity index (χ0) is 15.9. The fourth-order valence-corrected chi connectivity index (χ4v) is 4.59. The lowest BCUT2D eigenvalue weighted by molar-refractivity contribution is 0.130. The third-order valence-electron chi connectivity index (χ3n) is 5.67. The molecule has 0 saturated carbocycles. The molecular weight excluding hydrogens is 290 g/mol. The van der Waals surface area contributed by atoms with Crippen LogP contribution in [0.3, 0.4) is 0 Å². The van der Waals surface area contributed by atoms with Crippen molar-refractivity contribution in [2.75, 3.05) is 0 Å². The molecule has 3 aromatic rings. The van der Waals surface area contributed by atoms with Crippen LogP contribution in [0.25, 0.3) is 0 Å². The van der Waals surface area contributed by atoms with E-state index >= 15 is 0 Å². The first kappa shape index (κ1) is 14.0. The van der Waals surface area contributed by atoms with Crippen molar-refractivity contribution in [3.63, 3.8) is 0 Å². The average Bonchev–Trinajstić information content (AvgIpc) is 2.63. The highest BCUT2D eigenvalue weighted by molar-refractivity contribution is 5.47. The summed E-state index contributed by atoms with van der Waals surface area (Å²) in [6, 6.07) is 29.6. The van der Waals surface area contributed by atoms with E-state index in [9.17, 15) is 0 Å². The van der Waals surface area contributed by atoms with Crippen LogP contribution in [0.2, 0.25) is 0 Å². The number of nitrogens with zero attached hydrogens (tertiary/aromatic N) is 1. The molecule has 0 amide bonds. The zero-order valence-corrected chi connectivity index (χ0v) is 13.7. The molecule has 2 aliphatic heterocycles. The van der Waals surface area contributed by atoms with Crippen molar-refractivity contribution in [3.8, 4) is 0 Å². The molecule has 1 nitrogen and oxygen atoms in total. The van der Waals surface area contributed by atoms with Crippen LogP contribution in [0.15, 0.2) is 78.9 Å². The highest BCUT2D eigenvalue weighted by atomic mass is 15.2. The predicted octanol–water partition coefficient (Wildman–Crippen LogP) is 4.76. The molecule has 118 valence electrons. The summed E-state index contributed by atoms with van der Waals surface area (Å²) in [6.07, 6.45) is 1.12. The van der Waals surface area contributed by atoms with Crippen LogP contribution < -0.4 is 0 Å². The molecule has 0 radical (unpaired) electrons. The van der Waals surface area contributed by atoms with E-state index in [1.807, 2.05) is 0 Å². The quantitative estimate of drug-likeness (QED) is 0.659. The van der Waals surface area contributed by atoms with Crippen molar-refractivity contribution >= 4 is 0 Å². The summed E-state index contributed by atoms with van der Waals surface area (Å²) < 4.78 is 0. The maximum Gasteiger partial charge on any atom is 0.0255 e. The van der Waals surface area contributed by atoms with Gasteiger partial charge < -0.3 is 0 Å². The third kappa shape index (κ3) is 2.20. The summed E-state index contributed by atoms with van der Waals surface area (Å²) in [6.45, 7) is 2.14. The van der Waals surface area contributed by atoms with E-state index in [2.05, 4.69) is 83.8 Å². The molecule has 0 fully saturated rings. The molecule has 0 N–H and O–H groups in total. The Kier molecular flexibility index (Phi) is 3.27. The van der Waals surface area contributed by atoms with Gasteiger partial charge in [-0.2, -0.15) is 0 Å². The molecule has 3 aromatic carbocycles. The van der Waals surface area contributed by atoms with Gasteiger partial charge in [0, 0.05) is 25.0 Å². The van der Waals surface area contributed by atoms with Gasteiger partial charge in [0.2, 0.25) is 0 Å². The lowest BCUT2D eigenvalue weighted by Gasteiger charge is -2.47. The predicted molar refractivity (Wildman–Crippen MR) is 97.9 cm³/mol. The van der Waals surface area contributed by atoms with Gasteiger partial charge in [0.05, 0.1) is 0 Å². The van der Waals surface area contributed by atoms with Crippen LogP contribution in [0, 0.1) is 0 Å². The van der Waals surface area contributed by atoms with Gasteiger partial charge in [-0.3, -0.25) is 4.90 Å². The van der Waals surface area contributed by atoms with Gasteiger partial charge in [0.15, 0.2) is 0 Å². The van der Waals surface area contributed by atoms with Crippen LogP contribution in [-0.4, -0.2) is 10.9 Å². The van der Waals surface area contributed by atoms with Crippen molar-refractivity contribution in [2.45, 2.75) is 31.5 Å². The molecule has 2 heterocycles. The summed E-state index contributed by atoms with van der Waals surface area (Å²) in [5.41, 5.74) is 7.50. The molecule has 24 heavy (non-hydrogen) atoms. The van der Waals surface area contributed by atoms with Gasteiger partial charge in [0.25, 0.3) is 0 Å². The summed E-state index contributed by atoms with van der Waals surface area (Å²) in [5.74, 6) is 0.486. The fraction of sp³-hybridized carbons (Fsp3) is 0.217. The zero-order valence-electron chi connectivity index (χ0n) is 13.7. The van der Waals surface area contributed by atoms with Gasteiger partial charge >= 0.3 is 0 Å². The third-order valence-corrected chi connectivity index (χ3v) is 5.67. The van der Waals surface area contributed by atoms with Gasteiger partial charge in [-0.05, 0) is 34.2 Å². The molecule has 2 bridgehead atoms. The fourth-order valence-electron chi connectivity index (χ4n) is 4.59. The van der Waals surface area contributed by atoms with Crippen LogP contribution in [0.4, 0.5) is 0 Å².